The lowest BCUT2D eigenvalue weighted by molar-refractivity contribution is -0.167. The molecule has 0 N–H and O–H groups in total. The lowest BCUT2D eigenvalue weighted by Gasteiger charge is -2.18. The van der Waals surface area contributed by atoms with Crippen molar-refractivity contribution in [2.45, 2.75) is 290 Å². The fourth-order valence-electron chi connectivity index (χ4n) is 8.37. The second-order valence-corrected chi connectivity index (χ2v) is 19.9. The van der Waals surface area contributed by atoms with Gasteiger partial charge < -0.3 is 14.2 Å². The Labute approximate surface area is 445 Å². The van der Waals surface area contributed by atoms with Crippen molar-refractivity contribution in [3.05, 3.63) is 97.2 Å². The van der Waals surface area contributed by atoms with E-state index in [-0.39, 0.29) is 31.1 Å². The number of carbonyl (C=O) groups is 3. The zero-order chi connectivity index (χ0) is 52.2. The molecule has 0 aliphatic carbocycles. The average molecular weight is 1000 g/mol. The van der Waals surface area contributed by atoms with E-state index in [1.54, 1.807) is 0 Å². The van der Waals surface area contributed by atoms with Gasteiger partial charge in [0.25, 0.3) is 0 Å². The number of unbranched alkanes of at least 4 members (excludes halogenated alkanes) is 27. The van der Waals surface area contributed by atoms with Crippen LogP contribution in [0.15, 0.2) is 97.2 Å². The fourth-order valence-corrected chi connectivity index (χ4v) is 8.37. The minimum absolute atomic E-state index is 0.0914. The predicted molar refractivity (Wildman–Crippen MR) is 311 cm³/mol. The summed E-state index contributed by atoms with van der Waals surface area (Å²) in [6, 6.07) is 0. The van der Waals surface area contributed by atoms with Gasteiger partial charge in [-0.15, -0.1) is 0 Å². The summed E-state index contributed by atoms with van der Waals surface area (Å²) in [6.45, 7) is 6.40. The summed E-state index contributed by atoms with van der Waals surface area (Å²) in [4.78, 5) is 38.2. The molecule has 72 heavy (non-hydrogen) atoms. The van der Waals surface area contributed by atoms with Crippen molar-refractivity contribution in [1.82, 2.24) is 0 Å². The second-order valence-electron chi connectivity index (χ2n) is 19.9. The molecule has 0 fully saturated rings. The molecule has 0 aromatic carbocycles. The highest BCUT2D eigenvalue weighted by Crippen LogP contribution is 2.16. The maximum Gasteiger partial charge on any atom is 0.306 e. The monoisotopic (exact) mass is 1000 g/mol. The SMILES string of the molecule is CC/C=C\C/C=C\C/C=C\C/C=C\C/C=C\CCCCCCCCCC(=O)OCC(COC(=O)CCCCC/C=C\C/C=C\C/C=C\CC)OC(=O)CCCCCCCCCCCCCCCCCCCC. The van der Waals surface area contributed by atoms with Crippen LogP contribution < -0.4 is 0 Å². The van der Waals surface area contributed by atoms with E-state index in [1.807, 2.05) is 0 Å². The van der Waals surface area contributed by atoms with Crippen molar-refractivity contribution >= 4 is 17.9 Å². The molecule has 6 heteroatoms. The van der Waals surface area contributed by atoms with Crippen molar-refractivity contribution in [1.29, 1.82) is 0 Å². The highest BCUT2D eigenvalue weighted by molar-refractivity contribution is 5.71. The summed E-state index contributed by atoms with van der Waals surface area (Å²) in [5.74, 6) is -0.923. The highest BCUT2D eigenvalue weighted by Gasteiger charge is 2.19. The zero-order valence-corrected chi connectivity index (χ0v) is 47.2. The van der Waals surface area contributed by atoms with E-state index in [9.17, 15) is 14.4 Å². The van der Waals surface area contributed by atoms with Gasteiger partial charge in [-0.1, -0.05) is 266 Å². The molecule has 0 heterocycles. The van der Waals surface area contributed by atoms with Crippen LogP contribution in [0.3, 0.4) is 0 Å². The number of carbonyl (C=O) groups excluding carboxylic acids is 3. The lowest BCUT2D eigenvalue weighted by Crippen LogP contribution is -2.30. The van der Waals surface area contributed by atoms with Crippen molar-refractivity contribution in [2.24, 2.45) is 0 Å². The molecule has 1 unspecified atom stereocenters. The van der Waals surface area contributed by atoms with Crippen LogP contribution in [0.4, 0.5) is 0 Å². The van der Waals surface area contributed by atoms with E-state index in [1.165, 1.54) is 122 Å². The Morgan fingerprint density at radius 3 is 0.861 bits per heavy atom. The molecule has 0 spiro atoms. The van der Waals surface area contributed by atoms with Crippen molar-refractivity contribution < 1.29 is 28.6 Å². The third kappa shape index (κ3) is 57.2. The van der Waals surface area contributed by atoms with Crippen LogP contribution in [0.2, 0.25) is 0 Å². The largest absolute Gasteiger partial charge is 0.462 e. The van der Waals surface area contributed by atoms with Gasteiger partial charge >= 0.3 is 17.9 Å². The lowest BCUT2D eigenvalue weighted by atomic mass is 10.0. The van der Waals surface area contributed by atoms with Gasteiger partial charge in [0.1, 0.15) is 13.2 Å². The quantitative estimate of drug-likeness (QED) is 0.0261. The number of ether oxygens (including phenoxy) is 3. The summed E-state index contributed by atoms with van der Waals surface area (Å²) in [6.07, 6.45) is 79.8. The smallest absolute Gasteiger partial charge is 0.306 e. The molecule has 0 saturated carbocycles. The van der Waals surface area contributed by atoms with Gasteiger partial charge in [0, 0.05) is 19.3 Å². The first kappa shape index (κ1) is 68.3. The number of hydrogen-bond donors (Lipinski definition) is 0. The molecule has 6 nitrogen and oxygen atoms in total. The second kappa shape index (κ2) is 59.9. The number of esters is 3. The molecule has 0 bridgehead atoms. The first-order chi connectivity index (χ1) is 35.5. The summed E-state index contributed by atoms with van der Waals surface area (Å²) in [5.41, 5.74) is 0. The Morgan fingerprint density at radius 1 is 0.292 bits per heavy atom. The van der Waals surface area contributed by atoms with Crippen LogP contribution in [0.5, 0.6) is 0 Å². The molecule has 0 radical (unpaired) electrons. The van der Waals surface area contributed by atoms with Crippen LogP contribution in [0, 0.1) is 0 Å². The molecule has 0 aliphatic rings. The number of rotatable bonds is 54. The van der Waals surface area contributed by atoms with Gasteiger partial charge in [-0.05, 0) is 96.3 Å². The van der Waals surface area contributed by atoms with Crippen LogP contribution in [0.25, 0.3) is 0 Å². The topological polar surface area (TPSA) is 78.9 Å². The van der Waals surface area contributed by atoms with Gasteiger partial charge in [-0.3, -0.25) is 14.4 Å². The maximum atomic E-state index is 12.9. The average Bonchev–Trinajstić information content (AvgIpc) is 3.38. The number of allylic oxidation sites excluding steroid dienone is 16. The molecule has 0 rings (SSSR count). The van der Waals surface area contributed by atoms with E-state index in [0.717, 1.165) is 122 Å². The molecular formula is C66H112O6. The van der Waals surface area contributed by atoms with E-state index in [0.29, 0.717) is 19.3 Å². The normalized spacial score (nSPS) is 12.8. The van der Waals surface area contributed by atoms with Crippen LogP contribution >= 0.6 is 0 Å². The van der Waals surface area contributed by atoms with Gasteiger partial charge in [0.2, 0.25) is 0 Å². The van der Waals surface area contributed by atoms with Gasteiger partial charge in [0.05, 0.1) is 0 Å². The summed E-state index contributed by atoms with van der Waals surface area (Å²) >= 11 is 0. The Kier molecular flexibility index (Phi) is 56.8. The van der Waals surface area contributed by atoms with Gasteiger partial charge in [0.15, 0.2) is 6.10 Å². The Balaban J connectivity index is 4.38. The predicted octanol–water partition coefficient (Wildman–Crippen LogP) is 20.5. The third-order valence-electron chi connectivity index (χ3n) is 12.8. The molecule has 1 atom stereocenters. The zero-order valence-electron chi connectivity index (χ0n) is 47.2. The molecule has 0 amide bonds. The van der Waals surface area contributed by atoms with Crippen molar-refractivity contribution in [3.63, 3.8) is 0 Å². The molecular weight excluding hydrogens is 889 g/mol. The molecule has 0 saturated heterocycles. The van der Waals surface area contributed by atoms with E-state index in [4.69, 9.17) is 14.2 Å². The van der Waals surface area contributed by atoms with Gasteiger partial charge in [-0.25, -0.2) is 0 Å². The minimum atomic E-state index is -0.794. The minimum Gasteiger partial charge on any atom is -0.462 e. The van der Waals surface area contributed by atoms with Gasteiger partial charge in [-0.2, -0.15) is 0 Å². The van der Waals surface area contributed by atoms with E-state index >= 15 is 0 Å². The molecule has 412 valence electrons. The standard InChI is InChI=1S/C66H112O6/c1-4-7-10-13-16-19-22-25-27-29-31-32-33-34-35-37-38-41-44-47-50-53-56-59-65(68)71-62-63(61-70-64(67)58-55-52-49-46-43-40-24-21-18-15-12-9-6-3)72-66(69)60-57-54-51-48-45-42-39-36-30-28-26-23-20-17-14-11-8-5-2/h7,9-10,12,16,18-19,21,25,27,31-32,34-35,40,43,63H,4-6,8,11,13-15,17,20,22-24,26,28-30,33,36-39,41-42,44-62H2,1-3H3/b10-7-,12-9-,19-16-,21-18-,27-25-,32-31-,35-34-,43-40-. The third-order valence-corrected chi connectivity index (χ3v) is 12.8. The van der Waals surface area contributed by atoms with Crippen molar-refractivity contribution in [3.8, 4) is 0 Å². The summed E-state index contributed by atoms with van der Waals surface area (Å²) in [7, 11) is 0. The summed E-state index contributed by atoms with van der Waals surface area (Å²) in [5, 5.41) is 0. The maximum absolute atomic E-state index is 12.9. The van der Waals surface area contributed by atoms with Crippen LogP contribution in [-0.4, -0.2) is 37.2 Å². The first-order valence-electron chi connectivity index (χ1n) is 30.2. The molecule has 0 aromatic heterocycles. The molecule has 0 aromatic rings. The molecule has 0 aliphatic heterocycles. The van der Waals surface area contributed by atoms with Crippen molar-refractivity contribution in [2.75, 3.05) is 13.2 Å². The van der Waals surface area contributed by atoms with E-state index < -0.39 is 6.10 Å². The summed E-state index contributed by atoms with van der Waals surface area (Å²) < 4.78 is 16.9. The number of hydrogen-bond acceptors (Lipinski definition) is 6. The Morgan fingerprint density at radius 2 is 0.542 bits per heavy atom. The Bertz CT molecular complexity index is 1430. The van der Waals surface area contributed by atoms with Crippen LogP contribution in [0.1, 0.15) is 284 Å². The van der Waals surface area contributed by atoms with E-state index in [2.05, 4.69) is 118 Å². The highest BCUT2D eigenvalue weighted by atomic mass is 16.6. The fraction of sp³-hybridized carbons (Fsp3) is 0.712. The Hall–Kier alpha value is -3.67. The van der Waals surface area contributed by atoms with Crippen LogP contribution in [-0.2, 0) is 28.6 Å². The first-order valence-corrected chi connectivity index (χ1v) is 30.2.